The predicted octanol–water partition coefficient (Wildman–Crippen LogP) is 2.56. The highest BCUT2D eigenvalue weighted by Gasteiger charge is 2.46. The maximum Gasteiger partial charge on any atom is 0.00952 e. The van der Waals surface area contributed by atoms with E-state index in [1.807, 2.05) is 0 Å². The minimum Gasteiger partial charge on any atom is -0.311 e. The third kappa shape index (κ3) is 1.52. The Hall–Kier alpha value is -0.0400. The van der Waals surface area contributed by atoms with Crippen LogP contribution in [0.3, 0.4) is 0 Å². The molecule has 3 aliphatic carbocycles. The Balaban J connectivity index is 1.51. The first-order valence-electron chi connectivity index (χ1n) is 6.09. The van der Waals surface area contributed by atoms with Crippen LogP contribution in [0.25, 0.3) is 0 Å². The van der Waals surface area contributed by atoms with Crippen LogP contribution in [0, 0.1) is 17.8 Å². The van der Waals surface area contributed by atoms with Crippen molar-refractivity contribution in [2.45, 2.75) is 57.5 Å². The molecule has 4 unspecified atom stereocenters. The number of nitrogens with one attached hydrogen (secondary N) is 1. The van der Waals surface area contributed by atoms with Crippen LogP contribution in [-0.4, -0.2) is 12.1 Å². The molecule has 1 heteroatoms. The van der Waals surface area contributed by atoms with E-state index < -0.39 is 0 Å². The summed E-state index contributed by atoms with van der Waals surface area (Å²) in [6.45, 7) is 2.42. The Labute approximate surface area is 81.3 Å². The zero-order chi connectivity index (χ0) is 8.84. The summed E-state index contributed by atoms with van der Waals surface area (Å²) >= 11 is 0. The molecule has 3 rings (SSSR count). The Bertz CT molecular complexity index is 191. The molecule has 1 nitrogen and oxygen atoms in total. The van der Waals surface area contributed by atoms with Gasteiger partial charge >= 0.3 is 0 Å². The van der Waals surface area contributed by atoms with Gasteiger partial charge in [0.25, 0.3) is 0 Å². The maximum atomic E-state index is 3.89. The highest BCUT2D eigenvalue weighted by molar-refractivity contribution is 5.00. The normalized spacial score (nSPS) is 53.8. The Morgan fingerprint density at radius 3 is 2.38 bits per heavy atom. The highest BCUT2D eigenvalue weighted by atomic mass is 15.0. The van der Waals surface area contributed by atoms with Crippen LogP contribution in [0.4, 0.5) is 0 Å². The van der Waals surface area contributed by atoms with Crippen LogP contribution in [0.5, 0.6) is 0 Å². The van der Waals surface area contributed by atoms with Gasteiger partial charge in [-0.25, -0.2) is 0 Å². The lowest BCUT2D eigenvalue weighted by Crippen LogP contribution is -2.38. The fourth-order valence-corrected chi connectivity index (χ4v) is 3.55. The molecule has 3 saturated carbocycles. The van der Waals surface area contributed by atoms with Gasteiger partial charge in [0.05, 0.1) is 0 Å². The maximum absolute atomic E-state index is 3.89. The van der Waals surface area contributed by atoms with Crippen molar-refractivity contribution >= 4 is 0 Å². The minimum atomic E-state index is 0.863. The van der Waals surface area contributed by atoms with E-state index in [2.05, 4.69) is 12.2 Å². The van der Waals surface area contributed by atoms with E-state index in [0.717, 1.165) is 29.8 Å². The second-order valence-corrected chi connectivity index (χ2v) is 5.61. The summed E-state index contributed by atoms with van der Waals surface area (Å²) in [5.74, 6) is 3.21. The second-order valence-electron chi connectivity index (χ2n) is 5.61. The van der Waals surface area contributed by atoms with Crippen LogP contribution in [-0.2, 0) is 0 Å². The first kappa shape index (κ1) is 8.28. The minimum absolute atomic E-state index is 0.863. The molecular formula is C12H21N. The predicted molar refractivity (Wildman–Crippen MR) is 54.6 cm³/mol. The number of rotatable bonds is 2. The van der Waals surface area contributed by atoms with Crippen molar-refractivity contribution in [3.05, 3.63) is 0 Å². The zero-order valence-corrected chi connectivity index (χ0v) is 8.63. The van der Waals surface area contributed by atoms with Crippen molar-refractivity contribution in [2.24, 2.45) is 17.8 Å². The fourth-order valence-electron chi connectivity index (χ4n) is 3.55. The standard InChI is InChI=1S/C12H21N/c1-8-3-2-4-12(8)13-11-6-9-5-10(9)7-11/h8-13H,2-7H2,1H3. The lowest BCUT2D eigenvalue weighted by atomic mass is 10.0. The van der Waals surface area contributed by atoms with Crippen molar-refractivity contribution in [2.75, 3.05) is 0 Å². The molecule has 74 valence electrons. The summed E-state index contributed by atoms with van der Waals surface area (Å²) < 4.78 is 0. The average molecular weight is 179 g/mol. The largest absolute Gasteiger partial charge is 0.311 e. The molecule has 0 aromatic heterocycles. The van der Waals surface area contributed by atoms with E-state index in [-0.39, 0.29) is 0 Å². The number of hydrogen-bond donors (Lipinski definition) is 1. The highest BCUT2D eigenvalue weighted by Crippen LogP contribution is 2.52. The van der Waals surface area contributed by atoms with Gasteiger partial charge in [-0.2, -0.15) is 0 Å². The second kappa shape index (κ2) is 2.98. The third-order valence-corrected chi connectivity index (χ3v) is 4.55. The summed E-state index contributed by atoms with van der Waals surface area (Å²) in [6, 6.07) is 1.76. The molecule has 0 bridgehead atoms. The molecule has 4 atom stereocenters. The molecule has 3 aliphatic rings. The number of hydrogen-bond acceptors (Lipinski definition) is 1. The topological polar surface area (TPSA) is 12.0 Å². The van der Waals surface area contributed by atoms with Crippen molar-refractivity contribution in [1.29, 1.82) is 0 Å². The molecule has 0 aromatic carbocycles. The SMILES string of the molecule is CC1CCCC1NC1CC2CC2C1. The van der Waals surface area contributed by atoms with E-state index in [0.29, 0.717) is 0 Å². The lowest BCUT2D eigenvalue weighted by molar-refractivity contribution is 0.358. The van der Waals surface area contributed by atoms with Gasteiger partial charge in [-0.3, -0.25) is 0 Å². The van der Waals surface area contributed by atoms with E-state index in [4.69, 9.17) is 0 Å². The van der Waals surface area contributed by atoms with Crippen LogP contribution >= 0.6 is 0 Å². The lowest BCUT2D eigenvalue weighted by Gasteiger charge is -2.23. The monoisotopic (exact) mass is 179 g/mol. The van der Waals surface area contributed by atoms with E-state index in [1.165, 1.54) is 32.1 Å². The summed E-state index contributed by atoms with van der Waals surface area (Å²) in [5, 5.41) is 3.89. The van der Waals surface area contributed by atoms with Gasteiger partial charge in [-0.1, -0.05) is 13.3 Å². The molecular weight excluding hydrogens is 158 g/mol. The molecule has 0 amide bonds. The molecule has 0 saturated heterocycles. The van der Waals surface area contributed by atoms with Gasteiger partial charge in [0.15, 0.2) is 0 Å². The van der Waals surface area contributed by atoms with Gasteiger partial charge in [0, 0.05) is 12.1 Å². The van der Waals surface area contributed by atoms with E-state index in [1.54, 1.807) is 6.42 Å². The zero-order valence-electron chi connectivity index (χ0n) is 8.63. The molecule has 13 heavy (non-hydrogen) atoms. The summed E-state index contributed by atoms with van der Waals surface area (Å²) in [5.41, 5.74) is 0. The number of fused-ring (bicyclic) bond motifs is 1. The Morgan fingerprint density at radius 2 is 1.77 bits per heavy atom. The summed E-state index contributed by atoms with van der Waals surface area (Å²) in [6.07, 6.45) is 8.89. The Morgan fingerprint density at radius 1 is 1.00 bits per heavy atom. The smallest absolute Gasteiger partial charge is 0.00952 e. The van der Waals surface area contributed by atoms with Crippen LogP contribution in [0.2, 0.25) is 0 Å². The van der Waals surface area contributed by atoms with Gasteiger partial charge in [0.1, 0.15) is 0 Å². The van der Waals surface area contributed by atoms with Crippen molar-refractivity contribution in [3.63, 3.8) is 0 Å². The first-order chi connectivity index (χ1) is 6.33. The van der Waals surface area contributed by atoms with Crippen LogP contribution < -0.4 is 5.32 Å². The molecule has 1 N–H and O–H groups in total. The van der Waals surface area contributed by atoms with Crippen molar-refractivity contribution < 1.29 is 0 Å². The molecule has 0 radical (unpaired) electrons. The summed E-state index contributed by atoms with van der Waals surface area (Å²) in [4.78, 5) is 0. The summed E-state index contributed by atoms with van der Waals surface area (Å²) in [7, 11) is 0. The van der Waals surface area contributed by atoms with E-state index >= 15 is 0 Å². The van der Waals surface area contributed by atoms with Crippen molar-refractivity contribution in [1.82, 2.24) is 5.32 Å². The third-order valence-electron chi connectivity index (χ3n) is 4.55. The fraction of sp³-hybridized carbons (Fsp3) is 1.00. The average Bonchev–Trinajstić information content (AvgIpc) is 2.55. The van der Waals surface area contributed by atoms with Crippen LogP contribution in [0.1, 0.15) is 45.4 Å². The molecule has 0 heterocycles. The Kier molecular flexibility index (Phi) is 1.90. The van der Waals surface area contributed by atoms with Gasteiger partial charge < -0.3 is 5.32 Å². The molecule has 3 fully saturated rings. The van der Waals surface area contributed by atoms with Gasteiger partial charge in [-0.05, 0) is 49.9 Å². The van der Waals surface area contributed by atoms with Crippen LogP contribution in [0.15, 0.2) is 0 Å². The van der Waals surface area contributed by atoms with E-state index in [9.17, 15) is 0 Å². The molecule has 0 aromatic rings. The van der Waals surface area contributed by atoms with Gasteiger partial charge in [-0.15, -0.1) is 0 Å². The molecule has 0 spiro atoms. The first-order valence-corrected chi connectivity index (χ1v) is 6.09. The van der Waals surface area contributed by atoms with Gasteiger partial charge in [0.2, 0.25) is 0 Å². The molecule has 0 aliphatic heterocycles. The van der Waals surface area contributed by atoms with Crippen molar-refractivity contribution in [3.8, 4) is 0 Å². The quantitative estimate of drug-likeness (QED) is 0.687.